The number of carbonyl (C=O) groups is 1. The van der Waals surface area contributed by atoms with Gasteiger partial charge in [-0.3, -0.25) is 4.79 Å². The molecule has 0 aliphatic rings. The average Bonchev–Trinajstić information content (AvgIpc) is 2.35. The molecule has 2 nitrogen and oxygen atoms in total. The number of hydrogen-bond acceptors (Lipinski definition) is 2. The molecule has 0 atom stereocenters. The Balaban J connectivity index is 3.20. The molecule has 118 valence electrons. The summed E-state index contributed by atoms with van der Waals surface area (Å²) in [6, 6.07) is 1.97. The van der Waals surface area contributed by atoms with Gasteiger partial charge in [-0.2, -0.15) is 22.0 Å². The van der Waals surface area contributed by atoms with E-state index in [9.17, 15) is 26.7 Å². The van der Waals surface area contributed by atoms with Crippen molar-refractivity contribution in [3.05, 3.63) is 28.8 Å². The van der Waals surface area contributed by atoms with Crippen LogP contribution in [0.4, 0.5) is 22.0 Å². The maximum absolute atomic E-state index is 13.1. The number of aryl methyl sites for hydroxylation is 2. The van der Waals surface area contributed by atoms with Crippen molar-refractivity contribution in [2.75, 3.05) is 6.61 Å². The second-order valence-corrected chi connectivity index (χ2v) is 4.69. The second-order valence-electron chi connectivity index (χ2n) is 4.69. The Labute approximate surface area is 118 Å². The van der Waals surface area contributed by atoms with Crippen molar-refractivity contribution < 1.29 is 31.5 Å². The standard InChI is InChI=1S/C14H15F5O2/c1-4-5-21-11-8(2)6-10(7-9(11)3)12(20)13(15,16)14(17,18)19/h6-7H,4-5H2,1-3H3. The monoisotopic (exact) mass is 310 g/mol. The van der Waals surface area contributed by atoms with E-state index in [0.29, 0.717) is 29.9 Å². The highest BCUT2D eigenvalue weighted by Gasteiger charge is 2.63. The Bertz CT molecular complexity index is 512. The van der Waals surface area contributed by atoms with Gasteiger partial charge in [0, 0.05) is 5.56 Å². The van der Waals surface area contributed by atoms with Gasteiger partial charge in [0.15, 0.2) is 0 Å². The maximum Gasteiger partial charge on any atom is 0.461 e. The lowest BCUT2D eigenvalue weighted by Gasteiger charge is -2.19. The van der Waals surface area contributed by atoms with Crippen LogP contribution in [-0.2, 0) is 0 Å². The van der Waals surface area contributed by atoms with Crippen LogP contribution in [0, 0.1) is 13.8 Å². The van der Waals surface area contributed by atoms with Crippen molar-refractivity contribution in [3.63, 3.8) is 0 Å². The first-order valence-electron chi connectivity index (χ1n) is 6.25. The number of alkyl halides is 5. The van der Waals surface area contributed by atoms with E-state index in [-0.39, 0.29) is 0 Å². The normalized spacial score (nSPS) is 12.4. The first kappa shape index (κ1) is 17.4. The molecule has 1 aromatic rings. The number of carbonyl (C=O) groups excluding carboxylic acids is 1. The van der Waals surface area contributed by atoms with Gasteiger partial charge in [-0.25, -0.2) is 0 Å². The van der Waals surface area contributed by atoms with E-state index >= 15 is 0 Å². The van der Waals surface area contributed by atoms with E-state index in [1.165, 1.54) is 13.8 Å². The predicted molar refractivity (Wildman–Crippen MR) is 67.0 cm³/mol. The fraction of sp³-hybridized carbons (Fsp3) is 0.500. The zero-order valence-corrected chi connectivity index (χ0v) is 11.8. The molecule has 0 aliphatic heterocycles. The maximum atomic E-state index is 13.1. The van der Waals surface area contributed by atoms with Crippen molar-refractivity contribution in [3.8, 4) is 5.75 Å². The number of halogens is 5. The summed E-state index contributed by atoms with van der Waals surface area (Å²) in [6.45, 7) is 5.22. The van der Waals surface area contributed by atoms with Crippen molar-refractivity contribution in [1.82, 2.24) is 0 Å². The van der Waals surface area contributed by atoms with Gasteiger partial charge in [0.1, 0.15) is 5.75 Å². The predicted octanol–water partition coefficient (Wildman–Crippen LogP) is 4.47. The topological polar surface area (TPSA) is 26.3 Å². The molecule has 0 amide bonds. The number of ketones is 1. The molecule has 0 spiro atoms. The summed E-state index contributed by atoms with van der Waals surface area (Å²) in [6.07, 6.45) is -5.20. The summed E-state index contributed by atoms with van der Waals surface area (Å²) < 4.78 is 68.2. The van der Waals surface area contributed by atoms with Crippen LogP contribution in [0.15, 0.2) is 12.1 Å². The van der Waals surface area contributed by atoms with Crippen LogP contribution in [0.1, 0.15) is 34.8 Å². The van der Waals surface area contributed by atoms with Gasteiger partial charge in [-0.1, -0.05) is 6.92 Å². The van der Waals surface area contributed by atoms with Gasteiger partial charge in [0.05, 0.1) is 6.61 Å². The Morgan fingerprint density at radius 3 is 1.95 bits per heavy atom. The van der Waals surface area contributed by atoms with Gasteiger partial charge in [0.25, 0.3) is 0 Å². The van der Waals surface area contributed by atoms with E-state index in [1.807, 2.05) is 6.92 Å². The molecule has 0 unspecified atom stereocenters. The Morgan fingerprint density at radius 1 is 1.10 bits per heavy atom. The molecule has 7 heteroatoms. The van der Waals surface area contributed by atoms with E-state index in [1.54, 1.807) is 0 Å². The first-order chi connectivity index (χ1) is 9.52. The lowest BCUT2D eigenvalue weighted by Crippen LogP contribution is -2.44. The lowest BCUT2D eigenvalue weighted by atomic mass is 9.99. The molecule has 0 N–H and O–H groups in total. The molecule has 1 rings (SSSR count). The Kier molecular flexibility index (Phi) is 4.96. The van der Waals surface area contributed by atoms with Crippen LogP contribution in [0.3, 0.4) is 0 Å². The fourth-order valence-electron chi connectivity index (χ4n) is 1.82. The molecule has 0 saturated heterocycles. The largest absolute Gasteiger partial charge is 0.493 e. The minimum absolute atomic E-state index is 0.338. The van der Waals surface area contributed by atoms with Crippen LogP contribution >= 0.6 is 0 Å². The first-order valence-corrected chi connectivity index (χ1v) is 6.25. The highest BCUT2D eigenvalue weighted by Crippen LogP contribution is 2.39. The Morgan fingerprint density at radius 2 is 1.57 bits per heavy atom. The summed E-state index contributed by atoms with van der Waals surface area (Å²) in [7, 11) is 0. The molecule has 0 saturated carbocycles. The lowest BCUT2D eigenvalue weighted by molar-refractivity contribution is -0.255. The third-order valence-electron chi connectivity index (χ3n) is 2.81. The van der Waals surface area contributed by atoms with E-state index in [2.05, 4.69) is 0 Å². The molecular formula is C14H15F5O2. The molecule has 1 aromatic carbocycles. The van der Waals surface area contributed by atoms with Crippen molar-refractivity contribution in [2.24, 2.45) is 0 Å². The van der Waals surface area contributed by atoms with Gasteiger partial charge in [-0.15, -0.1) is 0 Å². The zero-order valence-electron chi connectivity index (χ0n) is 11.8. The third-order valence-corrected chi connectivity index (χ3v) is 2.81. The summed E-state index contributed by atoms with van der Waals surface area (Å²) in [5, 5.41) is 0. The van der Waals surface area contributed by atoms with Crippen LogP contribution in [0.5, 0.6) is 5.75 Å². The number of ether oxygens (including phenoxy) is 1. The van der Waals surface area contributed by atoms with E-state index in [4.69, 9.17) is 4.74 Å². The smallest absolute Gasteiger partial charge is 0.461 e. The summed E-state index contributed by atoms with van der Waals surface area (Å²) in [5.41, 5.74) is -0.00859. The molecule has 0 fully saturated rings. The molecule has 0 aliphatic carbocycles. The molecule has 21 heavy (non-hydrogen) atoms. The number of rotatable bonds is 5. The molecule has 0 heterocycles. The minimum Gasteiger partial charge on any atom is -0.493 e. The van der Waals surface area contributed by atoms with Crippen molar-refractivity contribution in [1.29, 1.82) is 0 Å². The highest BCUT2D eigenvalue weighted by molar-refractivity contribution is 6.02. The van der Waals surface area contributed by atoms with E-state index in [0.717, 1.165) is 12.1 Å². The summed E-state index contributed by atoms with van der Waals surface area (Å²) in [4.78, 5) is 11.4. The second kappa shape index (κ2) is 5.99. The molecule has 0 radical (unpaired) electrons. The van der Waals surface area contributed by atoms with Crippen LogP contribution in [0.2, 0.25) is 0 Å². The van der Waals surface area contributed by atoms with Gasteiger partial charge >= 0.3 is 12.1 Å². The highest BCUT2D eigenvalue weighted by atomic mass is 19.4. The number of Topliss-reactive ketones (excluding diaryl/α,β-unsaturated/α-hetero) is 1. The summed E-state index contributed by atoms with van der Waals surface area (Å²) >= 11 is 0. The van der Waals surface area contributed by atoms with Crippen LogP contribution in [-0.4, -0.2) is 24.5 Å². The molecule has 0 aromatic heterocycles. The quantitative estimate of drug-likeness (QED) is 0.592. The van der Waals surface area contributed by atoms with Crippen LogP contribution in [0.25, 0.3) is 0 Å². The number of benzene rings is 1. The van der Waals surface area contributed by atoms with Crippen LogP contribution < -0.4 is 4.74 Å². The van der Waals surface area contributed by atoms with Gasteiger partial charge in [-0.05, 0) is 43.5 Å². The van der Waals surface area contributed by atoms with Gasteiger partial charge in [0.2, 0.25) is 5.78 Å². The fourth-order valence-corrected chi connectivity index (χ4v) is 1.82. The zero-order chi connectivity index (χ0) is 16.4. The van der Waals surface area contributed by atoms with E-state index < -0.39 is 23.4 Å². The summed E-state index contributed by atoms with van der Waals surface area (Å²) in [5.74, 6) is -7.27. The average molecular weight is 310 g/mol. The third kappa shape index (κ3) is 3.51. The minimum atomic E-state index is -5.91. The Hall–Kier alpha value is -1.66. The van der Waals surface area contributed by atoms with Crippen molar-refractivity contribution in [2.45, 2.75) is 39.3 Å². The van der Waals surface area contributed by atoms with Crippen molar-refractivity contribution >= 4 is 5.78 Å². The molecular weight excluding hydrogens is 295 g/mol. The SMILES string of the molecule is CCCOc1c(C)cc(C(=O)C(F)(F)C(F)(F)F)cc1C. The number of hydrogen-bond donors (Lipinski definition) is 0. The van der Waals surface area contributed by atoms with Gasteiger partial charge < -0.3 is 4.74 Å². The molecule has 0 bridgehead atoms.